The normalized spacial score (nSPS) is 31.6. The van der Waals surface area contributed by atoms with Crippen LogP contribution < -0.4 is 5.32 Å². The molecule has 1 N–H and O–H groups in total. The van der Waals surface area contributed by atoms with Crippen LogP contribution in [-0.4, -0.2) is 37.6 Å². The van der Waals surface area contributed by atoms with E-state index in [1.54, 1.807) is 0 Å². The second-order valence-electron chi connectivity index (χ2n) is 6.73. The molecule has 1 aliphatic carbocycles. The Hall–Kier alpha value is -0.860. The van der Waals surface area contributed by atoms with Crippen molar-refractivity contribution >= 4 is 0 Å². The second-order valence-corrected chi connectivity index (χ2v) is 6.73. The average Bonchev–Trinajstić information content (AvgIpc) is 2.92. The zero-order valence-corrected chi connectivity index (χ0v) is 12.7. The second kappa shape index (κ2) is 6.73. The van der Waals surface area contributed by atoms with Crippen LogP contribution in [0, 0.1) is 5.92 Å². The van der Waals surface area contributed by atoms with Crippen LogP contribution in [-0.2, 0) is 0 Å². The summed E-state index contributed by atoms with van der Waals surface area (Å²) in [4.78, 5) is 2.46. The van der Waals surface area contributed by atoms with E-state index in [4.69, 9.17) is 0 Å². The smallest absolute Gasteiger partial charge is 0.0136 e. The van der Waals surface area contributed by atoms with E-state index in [1.165, 1.54) is 57.3 Å². The molecule has 2 heteroatoms. The molecule has 1 saturated heterocycles. The van der Waals surface area contributed by atoms with E-state index in [0.717, 1.165) is 11.8 Å². The van der Waals surface area contributed by atoms with Gasteiger partial charge in [0.2, 0.25) is 0 Å². The molecular formula is C18H28N2. The maximum Gasteiger partial charge on any atom is 0.0136 e. The van der Waals surface area contributed by atoms with Gasteiger partial charge >= 0.3 is 0 Å². The molecule has 1 aliphatic heterocycles. The van der Waals surface area contributed by atoms with Gasteiger partial charge in [-0.3, -0.25) is 0 Å². The van der Waals surface area contributed by atoms with Crippen LogP contribution in [0.5, 0.6) is 0 Å². The molecule has 110 valence electrons. The van der Waals surface area contributed by atoms with Crippen LogP contribution in [0.25, 0.3) is 0 Å². The van der Waals surface area contributed by atoms with Crippen LogP contribution in [0.1, 0.15) is 43.6 Å². The highest BCUT2D eigenvalue weighted by Gasteiger charge is 2.27. The van der Waals surface area contributed by atoms with E-state index in [-0.39, 0.29) is 0 Å². The Morgan fingerprint density at radius 1 is 1.10 bits per heavy atom. The zero-order chi connectivity index (χ0) is 13.8. The van der Waals surface area contributed by atoms with Crippen LogP contribution in [0.4, 0.5) is 0 Å². The number of rotatable bonds is 4. The number of nitrogens with zero attached hydrogens (tertiary/aromatic N) is 1. The molecule has 1 saturated carbocycles. The first kappa shape index (κ1) is 14.1. The Kier molecular flexibility index (Phi) is 4.74. The molecule has 0 bridgehead atoms. The summed E-state index contributed by atoms with van der Waals surface area (Å²) in [6.07, 6.45) is 6.86. The van der Waals surface area contributed by atoms with E-state index in [0.29, 0.717) is 6.04 Å². The summed E-state index contributed by atoms with van der Waals surface area (Å²) in [5.41, 5.74) is 1.54. The van der Waals surface area contributed by atoms with Gasteiger partial charge in [0.15, 0.2) is 0 Å². The molecule has 2 fully saturated rings. The minimum absolute atomic E-state index is 0.692. The number of hydrogen-bond acceptors (Lipinski definition) is 2. The van der Waals surface area contributed by atoms with E-state index in [1.807, 2.05) is 0 Å². The van der Waals surface area contributed by atoms with Crippen molar-refractivity contribution in [1.29, 1.82) is 0 Å². The first-order valence-electron chi connectivity index (χ1n) is 8.30. The number of benzene rings is 1. The van der Waals surface area contributed by atoms with Gasteiger partial charge in [-0.15, -0.1) is 0 Å². The lowest BCUT2D eigenvalue weighted by atomic mass is 9.80. The van der Waals surface area contributed by atoms with Gasteiger partial charge in [0, 0.05) is 12.6 Å². The lowest BCUT2D eigenvalue weighted by Crippen LogP contribution is -2.40. The summed E-state index contributed by atoms with van der Waals surface area (Å²) in [6, 6.07) is 11.8. The third-order valence-corrected chi connectivity index (χ3v) is 5.15. The highest BCUT2D eigenvalue weighted by atomic mass is 15.1. The molecule has 1 aromatic rings. The standard InChI is InChI=1S/C18H28N2/c1-20-12-11-15(14-20)13-19-18-10-6-5-9-17(18)16-7-3-2-4-8-16/h2-4,7-8,15,17-19H,5-6,9-14H2,1H3. The van der Waals surface area contributed by atoms with Gasteiger partial charge in [-0.1, -0.05) is 43.2 Å². The summed E-state index contributed by atoms with van der Waals surface area (Å²) in [5, 5.41) is 3.91. The molecule has 0 amide bonds. The molecule has 3 atom stereocenters. The van der Waals surface area contributed by atoms with Crippen LogP contribution in [0.15, 0.2) is 30.3 Å². The number of nitrogens with one attached hydrogen (secondary N) is 1. The largest absolute Gasteiger partial charge is 0.313 e. The van der Waals surface area contributed by atoms with Gasteiger partial charge in [0.1, 0.15) is 0 Å². The van der Waals surface area contributed by atoms with E-state index in [2.05, 4.69) is 47.6 Å². The van der Waals surface area contributed by atoms with Crippen molar-refractivity contribution < 1.29 is 0 Å². The first-order chi connectivity index (χ1) is 9.83. The van der Waals surface area contributed by atoms with Crippen molar-refractivity contribution in [2.24, 2.45) is 5.92 Å². The van der Waals surface area contributed by atoms with Gasteiger partial charge < -0.3 is 10.2 Å². The van der Waals surface area contributed by atoms with Gasteiger partial charge in [-0.05, 0) is 56.8 Å². The monoisotopic (exact) mass is 272 g/mol. The quantitative estimate of drug-likeness (QED) is 0.905. The number of likely N-dealkylation sites (tertiary alicyclic amines) is 1. The van der Waals surface area contributed by atoms with Crippen molar-refractivity contribution in [1.82, 2.24) is 10.2 Å². The van der Waals surface area contributed by atoms with Gasteiger partial charge in [0.05, 0.1) is 0 Å². The molecule has 0 aromatic heterocycles. The predicted octanol–water partition coefficient (Wildman–Crippen LogP) is 3.25. The van der Waals surface area contributed by atoms with E-state index in [9.17, 15) is 0 Å². The van der Waals surface area contributed by atoms with Gasteiger partial charge in [0.25, 0.3) is 0 Å². The number of hydrogen-bond donors (Lipinski definition) is 1. The third kappa shape index (κ3) is 3.42. The molecule has 2 nitrogen and oxygen atoms in total. The Morgan fingerprint density at radius 2 is 1.90 bits per heavy atom. The molecule has 2 aliphatic rings. The van der Waals surface area contributed by atoms with Crippen molar-refractivity contribution in [3.63, 3.8) is 0 Å². The SMILES string of the molecule is CN1CCC(CNC2CCCCC2c2ccccc2)C1. The molecule has 0 radical (unpaired) electrons. The predicted molar refractivity (Wildman–Crippen MR) is 85.0 cm³/mol. The summed E-state index contributed by atoms with van der Waals surface area (Å²) < 4.78 is 0. The van der Waals surface area contributed by atoms with Crippen LogP contribution in [0.3, 0.4) is 0 Å². The minimum atomic E-state index is 0.692. The minimum Gasteiger partial charge on any atom is -0.313 e. The highest BCUT2D eigenvalue weighted by molar-refractivity contribution is 5.22. The topological polar surface area (TPSA) is 15.3 Å². The molecular weight excluding hydrogens is 244 g/mol. The lowest BCUT2D eigenvalue weighted by molar-refractivity contribution is 0.306. The third-order valence-electron chi connectivity index (χ3n) is 5.15. The fourth-order valence-corrected chi connectivity index (χ4v) is 3.99. The Balaban J connectivity index is 1.58. The summed E-state index contributed by atoms with van der Waals surface area (Å²) in [5.74, 6) is 1.59. The van der Waals surface area contributed by atoms with Crippen molar-refractivity contribution in [2.75, 3.05) is 26.7 Å². The van der Waals surface area contributed by atoms with Crippen LogP contribution in [0.2, 0.25) is 0 Å². The van der Waals surface area contributed by atoms with Gasteiger partial charge in [-0.2, -0.15) is 0 Å². The molecule has 3 rings (SSSR count). The maximum atomic E-state index is 3.91. The highest BCUT2D eigenvalue weighted by Crippen LogP contribution is 2.33. The Labute approximate surface area is 123 Å². The molecule has 0 spiro atoms. The molecule has 1 heterocycles. The molecule has 1 aromatic carbocycles. The fourth-order valence-electron chi connectivity index (χ4n) is 3.99. The van der Waals surface area contributed by atoms with Gasteiger partial charge in [-0.25, -0.2) is 0 Å². The zero-order valence-electron chi connectivity index (χ0n) is 12.7. The van der Waals surface area contributed by atoms with E-state index >= 15 is 0 Å². The summed E-state index contributed by atoms with van der Waals surface area (Å²) in [7, 11) is 2.24. The molecule has 20 heavy (non-hydrogen) atoms. The summed E-state index contributed by atoms with van der Waals surface area (Å²) >= 11 is 0. The molecule has 3 unspecified atom stereocenters. The Bertz CT molecular complexity index is 403. The van der Waals surface area contributed by atoms with Crippen LogP contribution >= 0.6 is 0 Å². The van der Waals surface area contributed by atoms with Crippen molar-refractivity contribution in [3.8, 4) is 0 Å². The van der Waals surface area contributed by atoms with Crippen molar-refractivity contribution in [3.05, 3.63) is 35.9 Å². The fraction of sp³-hybridized carbons (Fsp3) is 0.667. The Morgan fingerprint density at radius 3 is 2.65 bits per heavy atom. The average molecular weight is 272 g/mol. The lowest BCUT2D eigenvalue weighted by Gasteiger charge is -2.33. The summed E-state index contributed by atoms with van der Waals surface area (Å²) in [6.45, 7) is 3.76. The first-order valence-corrected chi connectivity index (χ1v) is 8.30. The maximum absolute atomic E-state index is 3.91. The van der Waals surface area contributed by atoms with Crippen molar-refractivity contribution in [2.45, 2.75) is 44.1 Å². The van der Waals surface area contributed by atoms with E-state index < -0.39 is 0 Å².